The first-order valence-electron chi connectivity index (χ1n) is 8.44. The van der Waals surface area contributed by atoms with Crippen LogP contribution in [0.1, 0.15) is 32.1 Å². The summed E-state index contributed by atoms with van der Waals surface area (Å²) < 4.78 is 5.48. The van der Waals surface area contributed by atoms with Crippen molar-refractivity contribution in [2.75, 3.05) is 0 Å². The Labute approximate surface area is 156 Å². The Hall–Kier alpha value is -1.78. The van der Waals surface area contributed by atoms with E-state index in [-0.39, 0.29) is 5.92 Å². The molecule has 2 unspecified atom stereocenters. The Kier molecular flexibility index (Phi) is 4.57. The van der Waals surface area contributed by atoms with Crippen LogP contribution in [0.15, 0.2) is 56.7 Å². The summed E-state index contributed by atoms with van der Waals surface area (Å²) in [4.78, 5) is 16.9. The number of fused-ring (bicyclic) bond motifs is 4. The van der Waals surface area contributed by atoms with Crippen LogP contribution < -0.4 is 4.74 Å². The van der Waals surface area contributed by atoms with Crippen LogP contribution in [0.25, 0.3) is 0 Å². The highest BCUT2D eigenvalue weighted by atomic mass is 35.5. The van der Waals surface area contributed by atoms with Crippen molar-refractivity contribution in [2.45, 2.75) is 32.1 Å². The molecule has 0 spiro atoms. The van der Waals surface area contributed by atoms with Crippen molar-refractivity contribution in [3.05, 3.63) is 51.5 Å². The summed E-state index contributed by atoms with van der Waals surface area (Å²) in [5, 5.41) is 4.11. The molecule has 130 valence electrons. The number of rotatable bonds is 2. The number of benzene rings is 1. The highest BCUT2D eigenvalue weighted by Gasteiger charge is 2.47. The number of oxime groups is 1. The molecule has 4 rings (SSSR count). The molecule has 3 aliphatic carbocycles. The molecular weight excluding hydrogens is 361 g/mol. The Balaban J connectivity index is 1.52. The van der Waals surface area contributed by atoms with Gasteiger partial charge in [0.2, 0.25) is 0 Å². The van der Waals surface area contributed by atoms with Gasteiger partial charge in [-0.2, -0.15) is 0 Å². The molecule has 1 aromatic rings. The summed E-state index contributed by atoms with van der Waals surface area (Å²) in [5.74, 6) is 0.986. The summed E-state index contributed by atoms with van der Waals surface area (Å²) in [6, 6.07) is 8.78. The molecule has 4 nitrogen and oxygen atoms in total. The van der Waals surface area contributed by atoms with Crippen molar-refractivity contribution in [2.24, 2.45) is 17.0 Å². The lowest BCUT2D eigenvalue weighted by molar-refractivity contribution is 0.102. The van der Waals surface area contributed by atoms with Gasteiger partial charge in [-0.1, -0.05) is 52.1 Å². The van der Waals surface area contributed by atoms with Gasteiger partial charge in [0, 0.05) is 11.8 Å². The normalized spacial score (nSPS) is 26.0. The molecule has 1 saturated carbocycles. The number of carbonyl (C=O) groups is 1. The lowest BCUT2D eigenvalue weighted by Crippen LogP contribution is -2.19. The second kappa shape index (κ2) is 6.85. The first-order valence-corrected chi connectivity index (χ1v) is 9.20. The van der Waals surface area contributed by atoms with Crippen LogP contribution in [0.5, 0.6) is 5.75 Å². The fourth-order valence-electron chi connectivity index (χ4n) is 4.29. The Bertz CT molecular complexity index is 794. The number of ether oxygens (including phenoxy) is 1. The lowest BCUT2D eigenvalue weighted by atomic mass is 9.81. The second-order valence-electron chi connectivity index (χ2n) is 6.49. The number of hydrogen-bond acceptors (Lipinski definition) is 4. The monoisotopic (exact) mass is 377 g/mol. The van der Waals surface area contributed by atoms with Gasteiger partial charge in [-0.15, -0.1) is 0 Å². The number of para-hydroxylation sites is 1. The number of halogens is 2. The SMILES string of the molecule is O=C(O/N=C1\CCCC2=C1C1CCC2C1=C(Cl)Cl)Oc1ccccc1. The molecule has 0 aromatic heterocycles. The van der Waals surface area contributed by atoms with E-state index >= 15 is 0 Å². The maximum Gasteiger partial charge on any atom is 0.540 e. The van der Waals surface area contributed by atoms with E-state index in [1.54, 1.807) is 24.3 Å². The summed E-state index contributed by atoms with van der Waals surface area (Å²) in [6.07, 6.45) is 4.09. The summed E-state index contributed by atoms with van der Waals surface area (Å²) >= 11 is 12.2. The van der Waals surface area contributed by atoms with Crippen LogP contribution >= 0.6 is 23.2 Å². The maximum atomic E-state index is 11.9. The zero-order valence-corrected chi connectivity index (χ0v) is 15.0. The second-order valence-corrected chi connectivity index (χ2v) is 7.43. The van der Waals surface area contributed by atoms with Crippen LogP contribution in [0.2, 0.25) is 0 Å². The van der Waals surface area contributed by atoms with E-state index in [1.165, 1.54) is 11.1 Å². The molecule has 0 amide bonds. The third-order valence-electron chi connectivity index (χ3n) is 5.17. The van der Waals surface area contributed by atoms with E-state index in [4.69, 9.17) is 32.8 Å². The summed E-state index contributed by atoms with van der Waals surface area (Å²) in [7, 11) is 0. The minimum atomic E-state index is -0.833. The minimum Gasteiger partial charge on any atom is -0.393 e. The molecule has 0 saturated heterocycles. The molecule has 1 fully saturated rings. The highest BCUT2D eigenvalue weighted by molar-refractivity contribution is 6.56. The average molecular weight is 378 g/mol. The van der Waals surface area contributed by atoms with Gasteiger partial charge < -0.3 is 4.74 Å². The molecule has 6 heteroatoms. The van der Waals surface area contributed by atoms with Crippen LogP contribution in [0.3, 0.4) is 0 Å². The fraction of sp³-hybridized carbons (Fsp3) is 0.368. The van der Waals surface area contributed by atoms with Gasteiger partial charge in [-0.3, -0.25) is 4.84 Å². The van der Waals surface area contributed by atoms with Crippen molar-refractivity contribution in [1.82, 2.24) is 0 Å². The molecule has 1 aromatic carbocycles. The topological polar surface area (TPSA) is 47.9 Å². The summed E-state index contributed by atoms with van der Waals surface area (Å²) in [5.41, 5.74) is 4.50. The quantitative estimate of drug-likeness (QED) is 0.284. The Morgan fingerprint density at radius 3 is 2.60 bits per heavy atom. The first kappa shape index (κ1) is 16.7. The number of allylic oxidation sites excluding steroid dienone is 3. The Morgan fingerprint density at radius 2 is 1.84 bits per heavy atom. The molecular formula is C19H17Cl2NO3. The largest absolute Gasteiger partial charge is 0.540 e. The van der Waals surface area contributed by atoms with E-state index < -0.39 is 6.16 Å². The zero-order valence-electron chi connectivity index (χ0n) is 13.5. The molecule has 0 N–H and O–H groups in total. The fourth-order valence-corrected chi connectivity index (χ4v) is 4.82. The van der Waals surface area contributed by atoms with Gasteiger partial charge in [0.15, 0.2) is 0 Å². The van der Waals surface area contributed by atoms with E-state index in [1.807, 2.05) is 6.07 Å². The van der Waals surface area contributed by atoms with Gasteiger partial charge >= 0.3 is 6.16 Å². The molecule has 2 bridgehead atoms. The molecule has 0 radical (unpaired) electrons. The number of nitrogens with zero attached hydrogens (tertiary/aromatic N) is 1. The van der Waals surface area contributed by atoms with Gasteiger partial charge in [0.25, 0.3) is 0 Å². The molecule has 25 heavy (non-hydrogen) atoms. The van der Waals surface area contributed by atoms with Gasteiger partial charge in [-0.05, 0) is 55.4 Å². The van der Waals surface area contributed by atoms with Gasteiger partial charge in [-0.25, -0.2) is 4.79 Å². The van der Waals surface area contributed by atoms with Crippen molar-refractivity contribution in [3.63, 3.8) is 0 Å². The third-order valence-corrected chi connectivity index (χ3v) is 5.61. The zero-order chi connectivity index (χ0) is 17.4. The average Bonchev–Trinajstić information content (AvgIpc) is 3.18. The molecule has 0 heterocycles. The lowest BCUT2D eigenvalue weighted by Gasteiger charge is -2.24. The van der Waals surface area contributed by atoms with E-state index in [9.17, 15) is 4.79 Å². The predicted molar refractivity (Wildman–Crippen MR) is 96.8 cm³/mol. The first-order chi connectivity index (χ1) is 12.1. The van der Waals surface area contributed by atoms with Gasteiger partial charge in [0.05, 0.1) is 5.71 Å². The predicted octanol–water partition coefficient (Wildman–Crippen LogP) is 5.77. The van der Waals surface area contributed by atoms with Crippen molar-refractivity contribution >= 4 is 35.1 Å². The summed E-state index contributed by atoms with van der Waals surface area (Å²) in [6.45, 7) is 0. The third kappa shape index (κ3) is 3.09. The molecule has 0 aliphatic heterocycles. The molecule has 2 atom stereocenters. The van der Waals surface area contributed by atoms with Crippen molar-refractivity contribution < 1.29 is 14.4 Å². The van der Waals surface area contributed by atoms with Crippen molar-refractivity contribution in [3.8, 4) is 5.75 Å². The van der Waals surface area contributed by atoms with Crippen LogP contribution in [-0.2, 0) is 4.84 Å². The van der Waals surface area contributed by atoms with Crippen LogP contribution in [-0.4, -0.2) is 11.9 Å². The minimum absolute atomic E-state index is 0.220. The van der Waals surface area contributed by atoms with E-state index in [0.717, 1.165) is 43.4 Å². The van der Waals surface area contributed by atoms with Gasteiger partial charge in [0.1, 0.15) is 10.2 Å². The van der Waals surface area contributed by atoms with Crippen LogP contribution in [0, 0.1) is 11.8 Å². The smallest absolute Gasteiger partial charge is 0.393 e. The van der Waals surface area contributed by atoms with Crippen molar-refractivity contribution in [1.29, 1.82) is 0 Å². The Morgan fingerprint density at radius 1 is 1.08 bits per heavy atom. The van der Waals surface area contributed by atoms with E-state index in [0.29, 0.717) is 16.2 Å². The molecule has 3 aliphatic rings. The highest BCUT2D eigenvalue weighted by Crippen LogP contribution is 2.57. The standard InChI is InChI=1S/C19H17Cl2NO3/c20-18(21)17-13-9-10-14(17)16-12(13)7-4-8-15(16)22-25-19(23)24-11-5-2-1-3-6-11/h1-3,5-6,13-14H,4,7-10H2/b22-15+. The van der Waals surface area contributed by atoms with Crippen LogP contribution in [0.4, 0.5) is 4.79 Å². The van der Waals surface area contributed by atoms with E-state index in [2.05, 4.69) is 5.16 Å². The maximum absolute atomic E-state index is 11.9. The number of carbonyl (C=O) groups excluding carboxylic acids is 1. The number of hydrogen-bond donors (Lipinski definition) is 0.